The largest absolute Gasteiger partial charge is 0.403 e. The average molecular weight is 393 g/mol. The summed E-state index contributed by atoms with van der Waals surface area (Å²) in [5.41, 5.74) is 1.08. The van der Waals surface area contributed by atoms with Crippen molar-refractivity contribution in [3.8, 4) is 11.5 Å². The van der Waals surface area contributed by atoms with Crippen LogP contribution in [0.15, 0.2) is 46.9 Å². The number of amides is 1. The van der Waals surface area contributed by atoms with Gasteiger partial charge in [0.2, 0.25) is 11.8 Å². The summed E-state index contributed by atoms with van der Waals surface area (Å²) in [4.78, 5) is 22.2. The van der Waals surface area contributed by atoms with E-state index in [1.165, 1.54) is 24.3 Å². The number of aromatic nitrogens is 2. The molecular formula is C16H10Cl2N4O4. The third-order valence-corrected chi connectivity index (χ3v) is 3.73. The van der Waals surface area contributed by atoms with E-state index in [0.29, 0.717) is 21.2 Å². The van der Waals surface area contributed by atoms with Gasteiger partial charge in [0, 0.05) is 27.7 Å². The molecule has 1 amide bonds. The zero-order valence-electron chi connectivity index (χ0n) is 13.0. The summed E-state index contributed by atoms with van der Waals surface area (Å²) in [5, 5.41) is 21.5. The Morgan fingerprint density at radius 2 is 1.77 bits per heavy atom. The van der Waals surface area contributed by atoms with Crippen LogP contribution in [0.4, 0.5) is 11.7 Å². The molecule has 0 aliphatic carbocycles. The second kappa shape index (κ2) is 7.51. The molecule has 0 spiro atoms. The van der Waals surface area contributed by atoms with Crippen LogP contribution in [0.3, 0.4) is 0 Å². The van der Waals surface area contributed by atoms with Gasteiger partial charge >= 0.3 is 6.01 Å². The standard InChI is InChI=1S/C16H10Cl2N4O4/c17-11-6-10(7-12(18)8-11)15-20-21-16(26-15)19-14(23)5-9-1-3-13(4-2-9)22(24)25/h1-4,6-8H,5H2,(H,19,21,23). The lowest BCUT2D eigenvalue weighted by molar-refractivity contribution is -0.384. The number of anilines is 1. The minimum absolute atomic E-state index is 0.00129. The van der Waals surface area contributed by atoms with Crippen LogP contribution in [0.1, 0.15) is 5.56 Å². The van der Waals surface area contributed by atoms with Crippen LogP contribution in [0.25, 0.3) is 11.5 Å². The van der Waals surface area contributed by atoms with Gasteiger partial charge in [0.25, 0.3) is 5.69 Å². The number of halogens is 2. The summed E-state index contributed by atoms with van der Waals surface area (Å²) in [7, 11) is 0. The number of carbonyl (C=O) groups is 1. The Morgan fingerprint density at radius 1 is 1.12 bits per heavy atom. The third-order valence-electron chi connectivity index (χ3n) is 3.29. The lowest BCUT2D eigenvalue weighted by atomic mass is 10.1. The van der Waals surface area contributed by atoms with Crippen molar-refractivity contribution in [1.29, 1.82) is 0 Å². The van der Waals surface area contributed by atoms with Crippen molar-refractivity contribution in [1.82, 2.24) is 10.2 Å². The summed E-state index contributed by atoms with van der Waals surface area (Å²) >= 11 is 11.9. The van der Waals surface area contributed by atoms with Gasteiger partial charge in [0.05, 0.1) is 11.3 Å². The van der Waals surface area contributed by atoms with Crippen LogP contribution in [-0.4, -0.2) is 21.0 Å². The number of nitro benzene ring substituents is 1. The molecule has 0 aliphatic rings. The fraction of sp³-hybridized carbons (Fsp3) is 0.0625. The lowest BCUT2D eigenvalue weighted by Gasteiger charge is -2.01. The summed E-state index contributed by atoms with van der Waals surface area (Å²) in [6.45, 7) is 0. The number of nitrogens with one attached hydrogen (secondary N) is 1. The van der Waals surface area contributed by atoms with Crippen molar-refractivity contribution in [2.45, 2.75) is 6.42 Å². The number of rotatable bonds is 5. The van der Waals surface area contributed by atoms with Crippen molar-refractivity contribution in [2.75, 3.05) is 5.32 Å². The molecule has 3 rings (SSSR count). The van der Waals surface area contributed by atoms with Gasteiger partial charge in [-0.2, -0.15) is 0 Å². The Balaban J connectivity index is 1.66. The third kappa shape index (κ3) is 4.35. The van der Waals surface area contributed by atoms with Crippen molar-refractivity contribution in [3.63, 3.8) is 0 Å². The first kappa shape index (κ1) is 17.8. The minimum atomic E-state index is -0.508. The topological polar surface area (TPSA) is 111 Å². The molecule has 0 bridgehead atoms. The monoisotopic (exact) mass is 392 g/mol. The average Bonchev–Trinajstić information content (AvgIpc) is 3.02. The highest BCUT2D eigenvalue weighted by Gasteiger charge is 2.13. The van der Waals surface area contributed by atoms with Gasteiger partial charge in [-0.1, -0.05) is 40.4 Å². The normalized spacial score (nSPS) is 10.5. The molecule has 0 atom stereocenters. The van der Waals surface area contributed by atoms with Gasteiger partial charge in [-0.25, -0.2) is 0 Å². The Bertz CT molecular complexity index is 952. The maximum atomic E-state index is 12.0. The van der Waals surface area contributed by atoms with Crippen LogP contribution in [0, 0.1) is 10.1 Å². The van der Waals surface area contributed by atoms with Crippen LogP contribution < -0.4 is 5.32 Å². The molecule has 1 aromatic heterocycles. The zero-order valence-corrected chi connectivity index (χ0v) is 14.5. The summed E-state index contributed by atoms with van der Waals surface area (Å²) in [6.07, 6.45) is -0.00129. The van der Waals surface area contributed by atoms with E-state index >= 15 is 0 Å². The molecule has 2 aromatic carbocycles. The molecule has 1 heterocycles. The van der Waals surface area contributed by atoms with E-state index in [9.17, 15) is 14.9 Å². The van der Waals surface area contributed by atoms with Crippen LogP contribution in [-0.2, 0) is 11.2 Å². The predicted molar refractivity (Wildman–Crippen MR) is 95.2 cm³/mol. The SMILES string of the molecule is O=C(Cc1ccc([N+](=O)[O-])cc1)Nc1nnc(-c2cc(Cl)cc(Cl)c2)o1. The second-order valence-electron chi connectivity index (χ2n) is 5.22. The molecule has 10 heteroatoms. The summed E-state index contributed by atoms with van der Waals surface area (Å²) in [5.74, 6) is -0.252. The lowest BCUT2D eigenvalue weighted by Crippen LogP contribution is -2.14. The molecule has 26 heavy (non-hydrogen) atoms. The van der Waals surface area contributed by atoms with E-state index in [2.05, 4.69) is 15.5 Å². The first-order valence-electron chi connectivity index (χ1n) is 7.24. The first-order valence-corrected chi connectivity index (χ1v) is 7.99. The van der Waals surface area contributed by atoms with Gasteiger partial charge in [-0.15, -0.1) is 5.10 Å². The fourth-order valence-electron chi connectivity index (χ4n) is 2.15. The number of nitro groups is 1. The number of non-ortho nitro benzene ring substituents is 1. The zero-order chi connectivity index (χ0) is 18.7. The quantitative estimate of drug-likeness (QED) is 0.515. The van der Waals surface area contributed by atoms with E-state index < -0.39 is 10.8 Å². The summed E-state index contributed by atoms with van der Waals surface area (Å²) in [6, 6.07) is 10.4. The Hall–Kier alpha value is -2.97. The van der Waals surface area contributed by atoms with E-state index in [4.69, 9.17) is 27.6 Å². The van der Waals surface area contributed by atoms with Gasteiger partial charge < -0.3 is 4.42 Å². The van der Waals surface area contributed by atoms with E-state index in [0.717, 1.165) is 0 Å². The molecule has 0 fully saturated rings. The first-order chi connectivity index (χ1) is 12.4. The number of hydrogen-bond acceptors (Lipinski definition) is 6. The van der Waals surface area contributed by atoms with E-state index in [1.54, 1.807) is 18.2 Å². The number of carbonyl (C=O) groups excluding carboxylic acids is 1. The van der Waals surface area contributed by atoms with Gasteiger partial charge in [0.1, 0.15) is 0 Å². The molecule has 0 saturated carbocycles. The predicted octanol–water partition coefficient (Wildman–Crippen LogP) is 4.13. The van der Waals surface area contributed by atoms with Gasteiger partial charge in [0.15, 0.2) is 0 Å². The smallest absolute Gasteiger partial charge is 0.322 e. The Labute approximate surface area is 156 Å². The molecular weight excluding hydrogens is 383 g/mol. The van der Waals surface area contributed by atoms with Crippen molar-refractivity contribution in [3.05, 3.63) is 68.2 Å². The minimum Gasteiger partial charge on any atom is -0.403 e. The molecule has 8 nitrogen and oxygen atoms in total. The maximum absolute atomic E-state index is 12.0. The molecule has 0 aliphatic heterocycles. The maximum Gasteiger partial charge on any atom is 0.322 e. The highest BCUT2D eigenvalue weighted by molar-refractivity contribution is 6.35. The van der Waals surface area contributed by atoms with Crippen molar-refractivity contribution < 1.29 is 14.1 Å². The number of nitrogens with zero attached hydrogens (tertiary/aromatic N) is 3. The number of benzene rings is 2. The van der Waals surface area contributed by atoms with Gasteiger partial charge in [-0.3, -0.25) is 20.2 Å². The molecule has 0 unspecified atom stereocenters. The summed E-state index contributed by atoms with van der Waals surface area (Å²) < 4.78 is 5.38. The highest BCUT2D eigenvalue weighted by Crippen LogP contribution is 2.27. The second-order valence-corrected chi connectivity index (χ2v) is 6.09. The van der Waals surface area contributed by atoms with Crippen molar-refractivity contribution in [2.24, 2.45) is 0 Å². The molecule has 0 saturated heterocycles. The Kier molecular flexibility index (Phi) is 5.15. The van der Waals surface area contributed by atoms with Crippen LogP contribution >= 0.6 is 23.2 Å². The van der Waals surface area contributed by atoms with Crippen LogP contribution in [0.5, 0.6) is 0 Å². The van der Waals surface area contributed by atoms with Crippen molar-refractivity contribution >= 4 is 40.8 Å². The van der Waals surface area contributed by atoms with Crippen LogP contribution in [0.2, 0.25) is 10.0 Å². The molecule has 3 aromatic rings. The van der Waals surface area contributed by atoms with E-state index in [-0.39, 0.29) is 24.0 Å². The van der Waals surface area contributed by atoms with Gasteiger partial charge in [-0.05, 0) is 23.8 Å². The highest BCUT2D eigenvalue weighted by atomic mass is 35.5. The molecule has 0 radical (unpaired) electrons. The van der Waals surface area contributed by atoms with E-state index in [1.807, 2.05) is 0 Å². The number of hydrogen-bond donors (Lipinski definition) is 1. The molecule has 1 N–H and O–H groups in total. The Morgan fingerprint density at radius 3 is 2.38 bits per heavy atom. The molecule has 132 valence electrons. The fourth-order valence-corrected chi connectivity index (χ4v) is 2.68.